The van der Waals surface area contributed by atoms with Gasteiger partial charge >= 0.3 is 6.03 Å². The average Bonchev–Trinajstić information content (AvgIpc) is 3.20. The number of nitrogens with zero attached hydrogens (tertiary/aromatic N) is 6. The molecule has 0 aliphatic carbocycles. The van der Waals surface area contributed by atoms with Crippen LogP contribution in [0.25, 0.3) is 0 Å². The van der Waals surface area contributed by atoms with Crippen LogP contribution in [0.1, 0.15) is 32.1 Å². The van der Waals surface area contributed by atoms with Crippen LogP contribution in [-0.2, 0) is 4.74 Å². The zero-order chi connectivity index (χ0) is 26.5. The number of morpholine rings is 1. The van der Waals surface area contributed by atoms with Gasteiger partial charge < -0.3 is 35.0 Å². The molecule has 0 atom stereocenters. The first-order valence-electron chi connectivity index (χ1n) is 13.1. The van der Waals surface area contributed by atoms with Gasteiger partial charge in [-0.25, -0.2) is 4.79 Å². The minimum atomic E-state index is -0.208. The monoisotopic (exact) mass is 542 g/mol. The van der Waals surface area contributed by atoms with Gasteiger partial charge in [0.2, 0.25) is 0 Å². The standard InChI is InChI=1S/C25H34N8O4S/c1-18-22(38-29-28-18)24(35)32-11-9-30(10-12-32)21-4-3-19(23(34)31-7-2-5-26-6-8-31)17-20(21)27-25(36)33-13-15-37-16-14-33/h3-4,17,26H,2,5-16H2,1H3,(H,27,36). The average molecular weight is 543 g/mol. The number of carbonyl (C=O) groups is 3. The van der Waals surface area contributed by atoms with E-state index in [4.69, 9.17) is 4.74 Å². The van der Waals surface area contributed by atoms with Crippen LogP contribution in [0.3, 0.4) is 0 Å². The Kier molecular flexibility index (Phi) is 8.35. The number of aromatic nitrogens is 2. The Hall–Kier alpha value is -3.29. The van der Waals surface area contributed by atoms with E-state index in [1.54, 1.807) is 17.9 Å². The molecule has 2 aromatic rings. The lowest BCUT2D eigenvalue weighted by Crippen LogP contribution is -2.49. The molecule has 38 heavy (non-hydrogen) atoms. The Morgan fingerprint density at radius 2 is 1.68 bits per heavy atom. The summed E-state index contributed by atoms with van der Waals surface area (Å²) in [6.07, 6.45) is 0.907. The molecule has 0 radical (unpaired) electrons. The molecule has 0 bridgehead atoms. The van der Waals surface area contributed by atoms with E-state index in [-0.39, 0.29) is 17.8 Å². The summed E-state index contributed by atoms with van der Waals surface area (Å²) in [5.74, 6) is -0.0862. The van der Waals surface area contributed by atoms with Crippen molar-refractivity contribution < 1.29 is 19.1 Å². The molecule has 2 N–H and O–H groups in total. The first-order chi connectivity index (χ1) is 18.5. The number of amides is 4. The first-order valence-corrected chi connectivity index (χ1v) is 13.9. The van der Waals surface area contributed by atoms with Crippen LogP contribution in [0, 0.1) is 6.92 Å². The van der Waals surface area contributed by atoms with Gasteiger partial charge in [-0.1, -0.05) is 4.49 Å². The normalized spacial score (nSPS) is 18.8. The fourth-order valence-electron chi connectivity index (χ4n) is 4.96. The van der Waals surface area contributed by atoms with Gasteiger partial charge in [-0.3, -0.25) is 9.59 Å². The number of nitrogens with one attached hydrogen (secondary N) is 2. The second kappa shape index (κ2) is 12.0. The summed E-state index contributed by atoms with van der Waals surface area (Å²) in [5.41, 5.74) is 2.64. The Morgan fingerprint density at radius 1 is 0.921 bits per heavy atom. The van der Waals surface area contributed by atoms with Crippen molar-refractivity contribution >= 4 is 40.8 Å². The predicted molar refractivity (Wildman–Crippen MR) is 144 cm³/mol. The smallest absolute Gasteiger partial charge is 0.322 e. The molecule has 12 nitrogen and oxygen atoms in total. The second-order valence-electron chi connectivity index (χ2n) is 9.62. The van der Waals surface area contributed by atoms with E-state index in [0.29, 0.717) is 87.4 Å². The summed E-state index contributed by atoms with van der Waals surface area (Å²) >= 11 is 1.12. The molecule has 3 aliphatic heterocycles. The predicted octanol–water partition coefficient (Wildman–Crippen LogP) is 1.11. The molecule has 0 saturated carbocycles. The van der Waals surface area contributed by atoms with Crippen molar-refractivity contribution in [2.75, 3.05) is 88.9 Å². The Balaban J connectivity index is 1.34. The van der Waals surface area contributed by atoms with E-state index < -0.39 is 0 Å². The molecule has 1 aromatic heterocycles. The van der Waals surface area contributed by atoms with Crippen molar-refractivity contribution in [1.82, 2.24) is 29.6 Å². The molecule has 3 fully saturated rings. The van der Waals surface area contributed by atoms with E-state index in [1.165, 1.54) is 0 Å². The number of carbonyl (C=O) groups excluding carboxylic acids is 3. The van der Waals surface area contributed by atoms with Crippen molar-refractivity contribution in [3.63, 3.8) is 0 Å². The number of anilines is 2. The summed E-state index contributed by atoms with van der Waals surface area (Å²) in [6.45, 7) is 9.14. The van der Waals surface area contributed by atoms with E-state index in [1.807, 2.05) is 21.9 Å². The fourth-order valence-corrected chi connectivity index (χ4v) is 5.58. The lowest BCUT2D eigenvalue weighted by atomic mass is 10.1. The van der Waals surface area contributed by atoms with Crippen LogP contribution in [0.2, 0.25) is 0 Å². The van der Waals surface area contributed by atoms with Gasteiger partial charge in [-0.2, -0.15) is 0 Å². The van der Waals surface area contributed by atoms with Crippen molar-refractivity contribution in [3.05, 3.63) is 34.3 Å². The van der Waals surface area contributed by atoms with E-state index in [9.17, 15) is 14.4 Å². The highest BCUT2D eigenvalue weighted by atomic mass is 32.1. The third-order valence-electron chi connectivity index (χ3n) is 7.16. The molecule has 204 valence electrons. The lowest BCUT2D eigenvalue weighted by Gasteiger charge is -2.37. The third-order valence-corrected chi connectivity index (χ3v) is 7.98. The summed E-state index contributed by atoms with van der Waals surface area (Å²) < 4.78 is 9.27. The molecule has 4 amide bonds. The van der Waals surface area contributed by atoms with Crippen LogP contribution < -0.4 is 15.5 Å². The van der Waals surface area contributed by atoms with Gasteiger partial charge in [-0.15, -0.1) is 5.10 Å². The van der Waals surface area contributed by atoms with Crippen LogP contribution in [0.15, 0.2) is 18.2 Å². The van der Waals surface area contributed by atoms with Gasteiger partial charge in [0.05, 0.1) is 30.3 Å². The van der Waals surface area contributed by atoms with E-state index >= 15 is 0 Å². The van der Waals surface area contributed by atoms with Gasteiger partial charge in [0.1, 0.15) is 4.88 Å². The van der Waals surface area contributed by atoms with Crippen molar-refractivity contribution in [1.29, 1.82) is 0 Å². The van der Waals surface area contributed by atoms with Crippen LogP contribution >= 0.6 is 11.5 Å². The van der Waals surface area contributed by atoms with Crippen LogP contribution in [0.4, 0.5) is 16.2 Å². The van der Waals surface area contributed by atoms with E-state index in [0.717, 1.165) is 36.7 Å². The maximum atomic E-state index is 13.3. The minimum Gasteiger partial charge on any atom is -0.378 e. The van der Waals surface area contributed by atoms with Crippen molar-refractivity contribution in [2.24, 2.45) is 0 Å². The first kappa shape index (κ1) is 26.3. The topological polar surface area (TPSA) is 123 Å². The number of aryl methyl sites for hydroxylation is 1. The lowest BCUT2D eigenvalue weighted by molar-refractivity contribution is 0.0564. The molecule has 5 rings (SSSR count). The number of ether oxygens (including phenoxy) is 1. The molecule has 0 unspecified atom stereocenters. The highest BCUT2D eigenvalue weighted by Gasteiger charge is 2.28. The van der Waals surface area contributed by atoms with Gasteiger partial charge in [0.25, 0.3) is 11.8 Å². The Labute approximate surface area is 226 Å². The summed E-state index contributed by atoms with van der Waals surface area (Å²) in [4.78, 5) is 47.5. The zero-order valence-electron chi connectivity index (χ0n) is 21.6. The molecule has 0 spiro atoms. The highest BCUT2D eigenvalue weighted by molar-refractivity contribution is 7.07. The molecular formula is C25H34N8O4S. The van der Waals surface area contributed by atoms with E-state index in [2.05, 4.69) is 25.1 Å². The van der Waals surface area contributed by atoms with Gasteiger partial charge in [-0.05, 0) is 49.6 Å². The SMILES string of the molecule is Cc1nnsc1C(=O)N1CCN(c2ccc(C(=O)N3CCCNCC3)cc2NC(=O)N2CCOCC2)CC1. The molecular weight excluding hydrogens is 508 g/mol. The second-order valence-corrected chi connectivity index (χ2v) is 10.4. The Bertz CT molecular complexity index is 1150. The molecule has 1 aromatic carbocycles. The van der Waals surface area contributed by atoms with Crippen LogP contribution in [0.5, 0.6) is 0 Å². The quantitative estimate of drug-likeness (QED) is 0.589. The minimum absolute atomic E-state index is 0.0360. The van der Waals surface area contributed by atoms with Gasteiger partial charge in [0, 0.05) is 64.5 Å². The summed E-state index contributed by atoms with van der Waals surface area (Å²) in [6, 6.07) is 5.33. The van der Waals surface area contributed by atoms with Crippen LogP contribution in [-0.4, -0.2) is 121 Å². The summed E-state index contributed by atoms with van der Waals surface area (Å²) in [5, 5.41) is 10.3. The number of hydrogen-bond donors (Lipinski definition) is 2. The van der Waals surface area contributed by atoms with Crippen molar-refractivity contribution in [3.8, 4) is 0 Å². The molecule has 3 aliphatic rings. The molecule has 3 saturated heterocycles. The zero-order valence-corrected chi connectivity index (χ0v) is 22.5. The maximum absolute atomic E-state index is 13.3. The summed E-state index contributed by atoms with van der Waals surface area (Å²) in [7, 11) is 0. The van der Waals surface area contributed by atoms with Crippen molar-refractivity contribution in [2.45, 2.75) is 13.3 Å². The number of hydrogen-bond acceptors (Lipinski definition) is 9. The molecule has 4 heterocycles. The third kappa shape index (κ3) is 5.89. The largest absolute Gasteiger partial charge is 0.378 e. The molecule has 13 heteroatoms. The number of urea groups is 1. The number of piperazine rings is 1. The fraction of sp³-hybridized carbons (Fsp3) is 0.560. The highest BCUT2D eigenvalue weighted by Crippen LogP contribution is 2.30. The number of rotatable bonds is 4. The maximum Gasteiger partial charge on any atom is 0.322 e. The number of benzene rings is 1. The van der Waals surface area contributed by atoms with Gasteiger partial charge in [0.15, 0.2) is 0 Å². The Morgan fingerprint density at radius 3 is 2.42 bits per heavy atom.